The van der Waals surface area contributed by atoms with Crippen molar-refractivity contribution in [1.29, 1.82) is 0 Å². The molecule has 3 aliphatic rings. The quantitative estimate of drug-likeness (QED) is 0.394. The van der Waals surface area contributed by atoms with Crippen LogP contribution in [-0.4, -0.2) is 38.2 Å². The number of halogens is 1. The van der Waals surface area contributed by atoms with Crippen LogP contribution in [0, 0.1) is 0 Å². The number of amides is 1. The number of fused-ring (bicyclic) bond motifs is 7. The lowest BCUT2D eigenvalue weighted by atomic mass is 9.84. The number of ether oxygens (including phenoxy) is 1. The monoisotopic (exact) mass is 503 g/mol. The van der Waals surface area contributed by atoms with Crippen LogP contribution < -0.4 is 5.56 Å². The Labute approximate surface area is 215 Å². The molecule has 3 aliphatic heterocycles. The molecule has 0 saturated carbocycles. The molecule has 7 heteroatoms. The van der Waals surface area contributed by atoms with Crippen LogP contribution >= 0.6 is 11.6 Å². The van der Waals surface area contributed by atoms with E-state index in [-0.39, 0.29) is 23.7 Å². The summed E-state index contributed by atoms with van der Waals surface area (Å²) in [5.41, 5.74) is 4.07. The van der Waals surface area contributed by atoms with Crippen molar-refractivity contribution in [3.05, 3.63) is 74.8 Å². The molecule has 0 radical (unpaired) electrons. The van der Waals surface area contributed by atoms with Crippen molar-refractivity contribution in [3.8, 4) is 5.69 Å². The van der Waals surface area contributed by atoms with E-state index >= 15 is 0 Å². The van der Waals surface area contributed by atoms with Crippen molar-refractivity contribution in [2.75, 3.05) is 0 Å². The third-order valence-electron chi connectivity index (χ3n) is 7.71. The highest BCUT2D eigenvalue weighted by atomic mass is 35.5. The van der Waals surface area contributed by atoms with Gasteiger partial charge in [-0.2, -0.15) is 4.98 Å². The largest absolute Gasteiger partial charge is 0.444 e. The Bertz CT molecular complexity index is 1530. The van der Waals surface area contributed by atoms with Crippen molar-refractivity contribution < 1.29 is 9.53 Å². The van der Waals surface area contributed by atoms with E-state index in [9.17, 15) is 9.59 Å². The number of aromatic nitrogens is 2. The molecule has 4 heterocycles. The summed E-state index contributed by atoms with van der Waals surface area (Å²) in [6.45, 7) is 9.92. The summed E-state index contributed by atoms with van der Waals surface area (Å²) in [7, 11) is 0. The number of rotatable bonds is 1. The Morgan fingerprint density at radius 3 is 2.67 bits per heavy atom. The molecule has 1 aromatic heterocycles. The van der Waals surface area contributed by atoms with Crippen LogP contribution in [0.3, 0.4) is 0 Å². The number of nitrogens with zero attached hydrogens (tertiary/aromatic N) is 3. The van der Waals surface area contributed by atoms with Crippen molar-refractivity contribution in [3.63, 3.8) is 0 Å². The Kier molecular flexibility index (Phi) is 4.97. The van der Waals surface area contributed by atoms with E-state index in [1.807, 2.05) is 37.8 Å². The highest BCUT2D eigenvalue weighted by molar-refractivity contribution is 6.35. The number of hydrogen-bond donors (Lipinski definition) is 0. The van der Waals surface area contributed by atoms with Crippen molar-refractivity contribution in [1.82, 2.24) is 14.5 Å². The van der Waals surface area contributed by atoms with Gasteiger partial charge in [-0.3, -0.25) is 14.3 Å². The van der Waals surface area contributed by atoms with Crippen molar-refractivity contribution >= 4 is 34.2 Å². The lowest BCUT2D eigenvalue weighted by molar-refractivity contribution is 0.0175. The van der Waals surface area contributed by atoms with Crippen LogP contribution in [-0.2, 0) is 10.2 Å². The maximum absolute atomic E-state index is 12.9. The van der Waals surface area contributed by atoms with Gasteiger partial charge in [-0.15, -0.1) is 0 Å². The first-order chi connectivity index (χ1) is 17.0. The zero-order valence-corrected chi connectivity index (χ0v) is 22.0. The number of benzene rings is 2. The molecule has 6 nitrogen and oxygen atoms in total. The van der Waals surface area contributed by atoms with Crippen LogP contribution in [0.1, 0.15) is 70.8 Å². The molecule has 0 aliphatic carbocycles. The maximum Gasteiger partial charge on any atom is 0.411 e. The van der Waals surface area contributed by atoms with Gasteiger partial charge in [0.05, 0.1) is 33.1 Å². The van der Waals surface area contributed by atoms with E-state index in [2.05, 4.69) is 47.7 Å². The van der Waals surface area contributed by atoms with E-state index in [1.165, 1.54) is 5.57 Å². The minimum Gasteiger partial charge on any atom is -0.444 e. The van der Waals surface area contributed by atoms with Gasteiger partial charge in [0.15, 0.2) is 0 Å². The van der Waals surface area contributed by atoms with Crippen molar-refractivity contribution in [2.24, 2.45) is 0 Å². The van der Waals surface area contributed by atoms with Crippen LogP contribution in [0.4, 0.5) is 4.79 Å². The van der Waals surface area contributed by atoms with Gasteiger partial charge in [-0.25, -0.2) is 4.79 Å². The first-order valence-corrected chi connectivity index (χ1v) is 12.9. The third-order valence-corrected chi connectivity index (χ3v) is 8.02. The molecule has 1 fully saturated rings. The van der Waals surface area contributed by atoms with Gasteiger partial charge in [-0.05, 0) is 88.8 Å². The second-order valence-electron chi connectivity index (χ2n) is 11.6. The summed E-state index contributed by atoms with van der Waals surface area (Å²) in [5, 5.41) is 0.858. The summed E-state index contributed by atoms with van der Waals surface area (Å²) < 4.78 is 7.78. The molecule has 186 valence electrons. The molecule has 36 heavy (non-hydrogen) atoms. The average molecular weight is 504 g/mol. The number of carbonyl (C=O) groups excluding carboxylic acids is 1. The van der Waals surface area contributed by atoms with Gasteiger partial charge in [-0.1, -0.05) is 35.9 Å². The molecule has 0 spiro atoms. The first-order valence-electron chi connectivity index (χ1n) is 12.5. The van der Waals surface area contributed by atoms with Crippen LogP contribution in [0.25, 0.3) is 22.2 Å². The van der Waals surface area contributed by atoms with Crippen LogP contribution in [0.5, 0.6) is 0 Å². The fraction of sp³-hybridized carbons (Fsp3) is 0.414. The van der Waals surface area contributed by atoms with E-state index in [4.69, 9.17) is 16.3 Å². The van der Waals surface area contributed by atoms with Crippen molar-refractivity contribution in [2.45, 2.75) is 77.0 Å². The second-order valence-corrected chi connectivity index (χ2v) is 12.1. The minimum atomic E-state index is -0.512. The number of hydrogen-bond acceptors (Lipinski definition) is 4. The predicted octanol–water partition coefficient (Wildman–Crippen LogP) is 6.23. The minimum absolute atomic E-state index is 0.0440. The summed E-state index contributed by atoms with van der Waals surface area (Å²) in [6.07, 6.45) is 4.71. The number of carbonyl (C=O) groups is 1. The maximum atomic E-state index is 12.9. The normalized spacial score (nSPS) is 21.8. The lowest BCUT2D eigenvalue weighted by Crippen LogP contribution is -2.45. The summed E-state index contributed by atoms with van der Waals surface area (Å²) in [4.78, 5) is 32.2. The molecule has 2 bridgehead atoms. The third kappa shape index (κ3) is 3.41. The zero-order chi connectivity index (χ0) is 25.6. The molecule has 6 rings (SSSR count). The topological polar surface area (TPSA) is 64.4 Å². The molecule has 1 amide bonds. The standard InChI is InChI=1S/C29H30ClN3O3/c1-28(2,3)36-27(35)32-18-10-11-19(32)14-17(13-18)16-9-12-20-23(15-16)33-22-8-6-7-21(30)24(22)25(34)31-26(33)29(20,4)5/h6-9,12-13,15,18-19H,10-11,14H2,1-5H3. The summed E-state index contributed by atoms with van der Waals surface area (Å²) in [6, 6.07) is 12.2. The Balaban J connectivity index is 1.45. The van der Waals surface area contributed by atoms with Crippen LogP contribution in [0.2, 0.25) is 5.02 Å². The average Bonchev–Trinajstić information content (AvgIpc) is 3.19. The molecule has 2 aromatic carbocycles. The van der Waals surface area contributed by atoms with E-state index in [0.29, 0.717) is 10.4 Å². The Hall–Kier alpha value is -3.12. The highest BCUT2D eigenvalue weighted by Gasteiger charge is 2.43. The molecule has 1 saturated heterocycles. The smallest absolute Gasteiger partial charge is 0.411 e. The first kappa shape index (κ1) is 23.3. The SMILES string of the molecule is CC(C)(C)OC(=O)N1C2C=C(c3ccc4c(c3)-n3c(nc(=O)c5c(Cl)cccc53)C4(C)C)CC1CC2. The molecule has 0 N–H and O–H groups in total. The van der Waals surface area contributed by atoms with E-state index < -0.39 is 11.0 Å². The lowest BCUT2D eigenvalue weighted by Gasteiger charge is -2.35. The molecule has 2 atom stereocenters. The molecule has 2 unspecified atom stereocenters. The van der Waals surface area contributed by atoms with E-state index in [0.717, 1.165) is 47.4 Å². The van der Waals surface area contributed by atoms with Gasteiger partial charge in [0.1, 0.15) is 11.4 Å². The fourth-order valence-electron chi connectivity index (χ4n) is 6.10. The summed E-state index contributed by atoms with van der Waals surface area (Å²) in [5.74, 6) is 0.725. The zero-order valence-electron chi connectivity index (χ0n) is 21.3. The molecular formula is C29H30ClN3O3. The highest BCUT2D eigenvalue weighted by Crippen LogP contribution is 2.45. The van der Waals surface area contributed by atoms with Gasteiger partial charge in [0, 0.05) is 6.04 Å². The molecule has 3 aromatic rings. The van der Waals surface area contributed by atoms with Gasteiger partial charge in [0.2, 0.25) is 0 Å². The second kappa shape index (κ2) is 7.69. The Morgan fingerprint density at radius 1 is 1.17 bits per heavy atom. The summed E-state index contributed by atoms with van der Waals surface area (Å²) >= 11 is 6.43. The van der Waals surface area contributed by atoms with Gasteiger partial charge < -0.3 is 4.74 Å². The van der Waals surface area contributed by atoms with E-state index in [1.54, 1.807) is 6.07 Å². The molecular weight excluding hydrogens is 474 g/mol. The Morgan fingerprint density at radius 2 is 1.94 bits per heavy atom. The van der Waals surface area contributed by atoms with Crippen LogP contribution in [0.15, 0.2) is 47.3 Å². The fourth-order valence-corrected chi connectivity index (χ4v) is 6.35. The predicted molar refractivity (Wildman–Crippen MR) is 142 cm³/mol. The van der Waals surface area contributed by atoms with Gasteiger partial charge >= 0.3 is 6.09 Å². The van der Waals surface area contributed by atoms with Gasteiger partial charge in [0.25, 0.3) is 5.56 Å².